The molecule has 1 aliphatic heterocycles. The summed E-state index contributed by atoms with van der Waals surface area (Å²) >= 11 is 0. The number of H-pyrrole nitrogens is 1. The average molecular weight is 223 g/mol. The maximum atomic E-state index is 11.5. The molecule has 88 valence electrons. The molecular formula is C10H17N5O. The molecule has 6 nitrogen and oxygen atoms in total. The zero-order valence-electron chi connectivity index (χ0n) is 9.66. The molecule has 0 unspecified atom stereocenters. The number of nitrogens with zero attached hydrogens (tertiary/aromatic N) is 3. The molecule has 6 heteroatoms. The Bertz CT molecular complexity index is 375. The topological polar surface area (TPSA) is 73.9 Å². The number of aryl methyl sites for hydroxylation is 1. The summed E-state index contributed by atoms with van der Waals surface area (Å²) in [6, 6.07) is -0.0167. The van der Waals surface area contributed by atoms with Crippen LogP contribution in [0.5, 0.6) is 0 Å². The quantitative estimate of drug-likeness (QED) is 0.733. The molecule has 1 aliphatic rings. The van der Waals surface area contributed by atoms with Crippen LogP contribution in [0.1, 0.15) is 30.4 Å². The van der Waals surface area contributed by atoms with E-state index in [-0.39, 0.29) is 11.9 Å². The molecular weight excluding hydrogens is 206 g/mol. The molecule has 0 spiro atoms. The maximum Gasteiger partial charge on any atom is 0.317 e. The number of urea groups is 1. The van der Waals surface area contributed by atoms with E-state index in [9.17, 15) is 4.79 Å². The van der Waals surface area contributed by atoms with E-state index < -0.39 is 0 Å². The molecule has 0 saturated carbocycles. The Hall–Kier alpha value is -1.59. The second-order valence-electron chi connectivity index (χ2n) is 4.12. The number of aromatic amines is 1. The van der Waals surface area contributed by atoms with Crippen molar-refractivity contribution in [1.82, 2.24) is 25.4 Å². The lowest BCUT2D eigenvalue weighted by Crippen LogP contribution is -2.43. The van der Waals surface area contributed by atoms with Crippen LogP contribution in [0.2, 0.25) is 0 Å². The molecule has 2 heterocycles. The number of piperidine rings is 1. The van der Waals surface area contributed by atoms with Crippen molar-refractivity contribution in [3.63, 3.8) is 0 Å². The van der Waals surface area contributed by atoms with Gasteiger partial charge in [0.15, 0.2) is 5.82 Å². The number of nitrogens with one attached hydrogen (secondary N) is 2. The van der Waals surface area contributed by atoms with Gasteiger partial charge in [-0.05, 0) is 19.8 Å². The smallest absolute Gasteiger partial charge is 0.317 e. The molecule has 1 aromatic heterocycles. The first-order valence-electron chi connectivity index (χ1n) is 5.56. The molecule has 0 radical (unpaired) electrons. The molecule has 0 aromatic carbocycles. The van der Waals surface area contributed by atoms with E-state index in [4.69, 9.17) is 0 Å². The van der Waals surface area contributed by atoms with E-state index in [1.54, 1.807) is 7.05 Å². The number of aromatic nitrogens is 3. The summed E-state index contributed by atoms with van der Waals surface area (Å²) in [5.41, 5.74) is 0. The fourth-order valence-electron chi connectivity index (χ4n) is 2.07. The second-order valence-corrected chi connectivity index (χ2v) is 4.12. The van der Waals surface area contributed by atoms with Crippen LogP contribution in [-0.4, -0.2) is 46.2 Å². The molecule has 2 N–H and O–H groups in total. The minimum absolute atomic E-state index is 0.0167. The molecule has 1 aromatic rings. The minimum Gasteiger partial charge on any atom is -0.341 e. The van der Waals surface area contributed by atoms with Crippen LogP contribution in [0.25, 0.3) is 0 Å². The summed E-state index contributed by atoms with van der Waals surface area (Å²) in [7, 11) is 1.66. The van der Waals surface area contributed by atoms with Crippen LogP contribution in [0.15, 0.2) is 0 Å². The molecule has 1 saturated heterocycles. The SMILES string of the molecule is CNC(=O)N1CCC[C@H](c2n[nH]c(C)n2)C1. The van der Waals surface area contributed by atoms with E-state index >= 15 is 0 Å². The molecule has 0 aliphatic carbocycles. The molecule has 1 fully saturated rings. The van der Waals surface area contributed by atoms with Crippen molar-refractivity contribution >= 4 is 6.03 Å². The Kier molecular flexibility index (Phi) is 3.07. The highest BCUT2D eigenvalue weighted by molar-refractivity contribution is 5.73. The number of rotatable bonds is 1. The maximum absolute atomic E-state index is 11.5. The van der Waals surface area contributed by atoms with Crippen molar-refractivity contribution in [3.8, 4) is 0 Å². The Labute approximate surface area is 94.4 Å². The van der Waals surface area contributed by atoms with Crippen LogP contribution in [0, 0.1) is 6.92 Å². The predicted molar refractivity (Wildman–Crippen MR) is 59.1 cm³/mol. The van der Waals surface area contributed by atoms with Gasteiger partial charge in [0.1, 0.15) is 5.82 Å². The van der Waals surface area contributed by atoms with Crippen molar-refractivity contribution in [2.24, 2.45) is 0 Å². The lowest BCUT2D eigenvalue weighted by Gasteiger charge is -2.30. The molecule has 0 bridgehead atoms. The third kappa shape index (κ3) is 2.15. The van der Waals surface area contributed by atoms with Gasteiger partial charge in [-0.3, -0.25) is 5.10 Å². The van der Waals surface area contributed by atoms with Gasteiger partial charge >= 0.3 is 6.03 Å². The third-order valence-electron chi connectivity index (χ3n) is 2.90. The highest BCUT2D eigenvalue weighted by Gasteiger charge is 2.26. The van der Waals surface area contributed by atoms with Crippen molar-refractivity contribution < 1.29 is 4.79 Å². The third-order valence-corrected chi connectivity index (χ3v) is 2.90. The van der Waals surface area contributed by atoms with Gasteiger partial charge in [-0.25, -0.2) is 9.78 Å². The Morgan fingerprint density at radius 1 is 1.62 bits per heavy atom. The van der Waals surface area contributed by atoms with Crippen molar-refractivity contribution in [3.05, 3.63) is 11.6 Å². The van der Waals surface area contributed by atoms with Gasteiger partial charge in [0.25, 0.3) is 0 Å². The number of amides is 2. The van der Waals surface area contributed by atoms with E-state index in [1.807, 2.05) is 11.8 Å². The summed E-state index contributed by atoms with van der Waals surface area (Å²) in [4.78, 5) is 17.7. The Morgan fingerprint density at radius 3 is 3.06 bits per heavy atom. The van der Waals surface area contributed by atoms with Gasteiger partial charge in [0.2, 0.25) is 0 Å². The minimum atomic E-state index is -0.0167. The molecule has 1 atom stereocenters. The van der Waals surface area contributed by atoms with E-state index in [1.165, 1.54) is 0 Å². The number of hydrogen-bond acceptors (Lipinski definition) is 3. The summed E-state index contributed by atoms with van der Waals surface area (Å²) in [5.74, 6) is 1.91. The van der Waals surface area contributed by atoms with Gasteiger partial charge in [0, 0.05) is 26.1 Å². The predicted octanol–water partition coefficient (Wildman–Crippen LogP) is 0.632. The summed E-state index contributed by atoms with van der Waals surface area (Å²) < 4.78 is 0. The van der Waals surface area contributed by atoms with E-state index in [2.05, 4.69) is 20.5 Å². The monoisotopic (exact) mass is 223 g/mol. The largest absolute Gasteiger partial charge is 0.341 e. The average Bonchev–Trinajstić information content (AvgIpc) is 2.75. The molecule has 2 rings (SSSR count). The van der Waals surface area contributed by atoms with Gasteiger partial charge in [0.05, 0.1) is 0 Å². The van der Waals surface area contributed by atoms with Gasteiger partial charge in [-0.2, -0.15) is 5.10 Å². The Balaban J connectivity index is 2.04. The Morgan fingerprint density at radius 2 is 2.44 bits per heavy atom. The first-order chi connectivity index (χ1) is 7.70. The first kappa shape index (κ1) is 10.9. The van der Waals surface area contributed by atoms with E-state index in [0.717, 1.165) is 31.0 Å². The van der Waals surface area contributed by atoms with Crippen molar-refractivity contribution in [1.29, 1.82) is 0 Å². The van der Waals surface area contributed by atoms with Crippen LogP contribution < -0.4 is 5.32 Å². The fraction of sp³-hybridized carbons (Fsp3) is 0.700. The van der Waals surface area contributed by atoms with Crippen molar-refractivity contribution in [2.45, 2.75) is 25.7 Å². The van der Waals surface area contributed by atoms with E-state index in [0.29, 0.717) is 6.54 Å². The number of hydrogen-bond donors (Lipinski definition) is 2. The number of carbonyl (C=O) groups excluding carboxylic acids is 1. The lowest BCUT2D eigenvalue weighted by molar-refractivity contribution is 0.180. The summed E-state index contributed by atoms with van der Waals surface area (Å²) in [6.07, 6.45) is 2.05. The lowest BCUT2D eigenvalue weighted by atomic mass is 9.98. The second kappa shape index (κ2) is 4.51. The fourth-order valence-corrected chi connectivity index (χ4v) is 2.07. The van der Waals surface area contributed by atoms with Gasteiger partial charge < -0.3 is 10.2 Å². The van der Waals surface area contributed by atoms with Crippen molar-refractivity contribution in [2.75, 3.05) is 20.1 Å². The van der Waals surface area contributed by atoms with Crippen LogP contribution in [-0.2, 0) is 0 Å². The highest BCUT2D eigenvalue weighted by Crippen LogP contribution is 2.24. The number of likely N-dealkylation sites (tertiary alicyclic amines) is 1. The molecule has 2 amide bonds. The van der Waals surface area contributed by atoms with Crippen LogP contribution >= 0.6 is 0 Å². The standard InChI is InChI=1S/C10H17N5O/c1-7-12-9(14-13-7)8-4-3-5-15(6-8)10(16)11-2/h8H,3-6H2,1-2H3,(H,11,16)(H,12,13,14)/t8-/m0/s1. The highest BCUT2D eigenvalue weighted by atomic mass is 16.2. The summed E-state index contributed by atoms with van der Waals surface area (Å²) in [6.45, 7) is 3.41. The molecule has 16 heavy (non-hydrogen) atoms. The zero-order chi connectivity index (χ0) is 11.5. The normalized spacial score (nSPS) is 20.9. The van der Waals surface area contributed by atoms with Crippen LogP contribution in [0.4, 0.5) is 4.79 Å². The van der Waals surface area contributed by atoms with Gasteiger partial charge in [-0.15, -0.1) is 0 Å². The zero-order valence-corrected chi connectivity index (χ0v) is 9.66. The first-order valence-corrected chi connectivity index (χ1v) is 5.56. The van der Waals surface area contributed by atoms with Crippen LogP contribution in [0.3, 0.4) is 0 Å². The summed E-state index contributed by atoms with van der Waals surface area (Å²) in [5, 5.41) is 9.66. The van der Waals surface area contributed by atoms with Gasteiger partial charge in [-0.1, -0.05) is 0 Å². The number of carbonyl (C=O) groups is 1.